The first kappa shape index (κ1) is 6.80. The van der Waals surface area contributed by atoms with Crippen LogP contribution < -0.4 is 0 Å². The fourth-order valence-corrected chi connectivity index (χ4v) is 5.18. The van der Waals surface area contributed by atoms with Gasteiger partial charge in [-0.25, -0.2) is 0 Å². The summed E-state index contributed by atoms with van der Waals surface area (Å²) < 4.78 is 0. The van der Waals surface area contributed by atoms with Gasteiger partial charge in [-0.15, -0.1) is 0 Å². The molecule has 4 rings (SSSR count). The monoisotopic (exact) mass is 174 g/mol. The minimum absolute atomic E-state index is 0.429. The van der Waals surface area contributed by atoms with Gasteiger partial charge in [0.05, 0.1) is 0 Å². The minimum atomic E-state index is 0.429. The smallest absolute Gasteiger partial charge is 0.137 e. The van der Waals surface area contributed by atoms with Gasteiger partial charge in [-0.05, 0) is 35.5 Å². The fourth-order valence-electron chi connectivity index (χ4n) is 5.18. The van der Waals surface area contributed by atoms with Crippen LogP contribution in [0.1, 0.15) is 26.2 Å². The molecular formula is C12H14O. The van der Waals surface area contributed by atoms with E-state index in [9.17, 15) is 4.79 Å². The highest BCUT2D eigenvalue weighted by molar-refractivity contribution is 5.91. The molecule has 0 unspecified atom stereocenters. The third-order valence-electron chi connectivity index (χ3n) is 5.68. The predicted octanol–water partition coefficient (Wildman–Crippen LogP) is 2.18. The molecule has 3 saturated carbocycles. The topological polar surface area (TPSA) is 17.1 Å². The molecule has 0 heterocycles. The standard InChI is InChI=1S/C12H14O/c1-11-8-5-7-3-2-4-12(7,11)10(11)9(13)6-8/h2-3,7-8,10H,4-6H2,1H3/t7-,8+,10-,11+,12-/m1/s1. The van der Waals surface area contributed by atoms with Crippen molar-refractivity contribution in [1.29, 1.82) is 0 Å². The zero-order valence-corrected chi connectivity index (χ0v) is 7.92. The highest BCUT2D eigenvalue weighted by atomic mass is 16.1. The van der Waals surface area contributed by atoms with Crippen LogP contribution in [0, 0.1) is 28.6 Å². The molecule has 4 aliphatic carbocycles. The first-order valence-electron chi connectivity index (χ1n) is 5.40. The molecule has 0 saturated heterocycles. The zero-order valence-electron chi connectivity index (χ0n) is 7.92. The minimum Gasteiger partial charge on any atom is -0.299 e. The second-order valence-corrected chi connectivity index (χ2v) is 5.60. The normalized spacial score (nSPS) is 65.6. The number of hydrogen-bond acceptors (Lipinski definition) is 1. The van der Waals surface area contributed by atoms with Gasteiger partial charge in [0.1, 0.15) is 5.78 Å². The number of Topliss-reactive ketones (excluding diaryl/α,β-unsaturated/α-hetero) is 1. The van der Waals surface area contributed by atoms with Crippen LogP contribution in [0.15, 0.2) is 12.2 Å². The van der Waals surface area contributed by atoms with Crippen molar-refractivity contribution in [2.45, 2.75) is 26.2 Å². The van der Waals surface area contributed by atoms with Crippen LogP contribution in [-0.2, 0) is 4.79 Å². The summed E-state index contributed by atoms with van der Waals surface area (Å²) in [7, 11) is 0. The van der Waals surface area contributed by atoms with Crippen LogP contribution in [-0.4, -0.2) is 5.78 Å². The highest BCUT2D eigenvalue weighted by Crippen LogP contribution is 2.88. The van der Waals surface area contributed by atoms with Crippen molar-refractivity contribution in [3.05, 3.63) is 12.2 Å². The van der Waals surface area contributed by atoms with Crippen LogP contribution in [0.5, 0.6) is 0 Å². The van der Waals surface area contributed by atoms with Crippen molar-refractivity contribution in [3.63, 3.8) is 0 Å². The largest absolute Gasteiger partial charge is 0.299 e. The van der Waals surface area contributed by atoms with E-state index in [1.165, 1.54) is 12.8 Å². The number of hydrogen-bond donors (Lipinski definition) is 0. The summed E-state index contributed by atoms with van der Waals surface area (Å²) in [6, 6.07) is 0. The molecule has 68 valence electrons. The Labute approximate surface area is 78.2 Å². The Morgan fingerprint density at radius 3 is 3.15 bits per heavy atom. The molecule has 0 aromatic carbocycles. The Bertz CT molecular complexity index is 356. The Balaban J connectivity index is 1.95. The Kier molecular flexibility index (Phi) is 0.802. The number of rotatable bonds is 0. The van der Waals surface area contributed by atoms with E-state index in [1.807, 2.05) is 0 Å². The lowest BCUT2D eigenvalue weighted by Gasteiger charge is -2.16. The summed E-state index contributed by atoms with van der Waals surface area (Å²) >= 11 is 0. The first-order chi connectivity index (χ1) is 6.21. The summed E-state index contributed by atoms with van der Waals surface area (Å²) in [5, 5.41) is 0. The Morgan fingerprint density at radius 2 is 2.38 bits per heavy atom. The number of carbonyl (C=O) groups excluding carboxylic acids is 1. The molecule has 0 aromatic rings. The molecule has 0 aliphatic heterocycles. The average Bonchev–Trinajstić information content (AvgIpc) is 2.36. The molecular weight excluding hydrogens is 160 g/mol. The summed E-state index contributed by atoms with van der Waals surface area (Å²) in [5.41, 5.74) is 0.866. The molecule has 1 nitrogen and oxygen atoms in total. The van der Waals surface area contributed by atoms with Crippen LogP contribution in [0.3, 0.4) is 0 Å². The van der Waals surface area contributed by atoms with E-state index < -0.39 is 0 Å². The van der Waals surface area contributed by atoms with Crippen molar-refractivity contribution in [2.75, 3.05) is 0 Å². The molecule has 0 radical (unpaired) electrons. The van der Waals surface area contributed by atoms with Gasteiger partial charge in [0.25, 0.3) is 0 Å². The van der Waals surface area contributed by atoms with Gasteiger partial charge in [0, 0.05) is 12.3 Å². The molecule has 0 bridgehead atoms. The molecule has 1 spiro atoms. The van der Waals surface area contributed by atoms with E-state index in [2.05, 4.69) is 19.1 Å². The summed E-state index contributed by atoms with van der Waals surface area (Å²) in [5.74, 6) is 2.54. The summed E-state index contributed by atoms with van der Waals surface area (Å²) in [6.45, 7) is 2.38. The third kappa shape index (κ3) is 0.414. The summed E-state index contributed by atoms with van der Waals surface area (Å²) in [4.78, 5) is 11.8. The van der Waals surface area contributed by atoms with Crippen LogP contribution in [0.4, 0.5) is 0 Å². The van der Waals surface area contributed by atoms with E-state index in [4.69, 9.17) is 0 Å². The lowest BCUT2D eigenvalue weighted by atomic mass is 9.87. The molecule has 0 N–H and O–H groups in total. The third-order valence-corrected chi connectivity index (χ3v) is 5.68. The zero-order chi connectivity index (χ0) is 8.84. The van der Waals surface area contributed by atoms with Crippen molar-refractivity contribution in [2.24, 2.45) is 28.6 Å². The van der Waals surface area contributed by atoms with E-state index in [-0.39, 0.29) is 0 Å². The number of ketones is 1. The average molecular weight is 174 g/mol. The molecule has 13 heavy (non-hydrogen) atoms. The SMILES string of the molecule is C[C@]12[C@@H]3CC(=O)[C@H]1[C@]21CC=C[C@@H]1C3. The maximum absolute atomic E-state index is 11.8. The Morgan fingerprint density at radius 1 is 1.54 bits per heavy atom. The maximum Gasteiger partial charge on any atom is 0.137 e. The molecule has 0 aromatic heterocycles. The fraction of sp³-hybridized carbons (Fsp3) is 0.750. The number of carbonyl (C=O) groups is 1. The van der Waals surface area contributed by atoms with E-state index in [1.54, 1.807) is 0 Å². The summed E-state index contributed by atoms with van der Waals surface area (Å²) in [6.07, 6.45) is 8.10. The molecule has 4 aliphatic rings. The highest BCUT2D eigenvalue weighted by Gasteiger charge is 2.86. The van der Waals surface area contributed by atoms with E-state index in [0.717, 1.165) is 18.3 Å². The van der Waals surface area contributed by atoms with Gasteiger partial charge in [0.2, 0.25) is 0 Å². The molecule has 5 atom stereocenters. The quantitative estimate of drug-likeness (QED) is 0.514. The first-order valence-corrected chi connectivity index (χ1v) is 5.40. The van der Waals surface area contributed by atoms with Gasteiger partial charge in [-0.3, -0.25) is 4.79 Å². The second kappa shape index (κ2) is 1.53. The van der Waals surface area contributed by atoms with Crippen LogP contribution in [0.2, 0.25) is 0 Å². The van der Waals surface area contributed by atoms with Crippen molar-refractivity contribution >= 4 is 5.78 Å². The Hall–Kier alpha value is -0.590. The lowest BCUT2D eigenvalue weighted by molar-refractivity contribution is -0.120. The molecule has 0 amide bonds. The lowest BCUT2D eigenvalue weighted by Crippen LogP contribution is -2.14. The molecule has 1 heteroatoms. The van der Waals surface area contributed by atoms with Gasteiger partial charge in [0.15, 0.2) is 0 Å². The van der Waals surface area contributed by atoms with Gasteiger partial charge < -0.3 is 0 Å². The van der Waals surface area contributed by atoms with Crippen LogP contribution in [0.25, 0.3) is 0 Å². The maximum atomic E-state index is 11.8. The van der Waals surface area contributed by atoms with Crippen molar-refractivity contribution < 1.29 is 4.79 Å². The second-order valence-electron chi connectivity index (χ2n) is 5.60. The van der Waals surface area contributed by atoms with Crippen LogP contribution >= 0.6 is 0 Å². The number of allylic oxidation sites excluding steroid dienone is 2. The van der Waals surface area contributed by atoms with E-state index >= 15 is 0 Å². The van der Waals surface area contributed by atoms with Crippen molar-refractivity contribution in [1.82, 2.24) is 0 Å². The predicted molar refractivity (Wildman–Crippen MR) is 49.0 cm³/mol. The molecule has 3 fully saturated rings. The van der Waals surface area contributed by atoms with Gasteiger partial charge in [-0.1, -0.05) is 19.1 Å². The van der Waals surface area contributed by atoms with Gasteiger partial charge in [-0.2, -0.15) is 0 Å². The van der Waals surface area contributed by atoms with E-state index in [0.29, 0.717) is 22.5 Å². The van der Waals surface area contributed by atoms with Gasteiger partial charge >= 0.3 is 0 Å². The van der Waals surface area contributed by atoms with Crippen molar-refractivity contribution in [3.8, 4) is 0 Å².